The number of hydrogen-bond acceptors (Lipinski definition) is 2. The van der Waals surface area contributed by atoms with Crippen molar-refractivity contribution >= 4 is 20.9 Å². The van der Waals surface area contributed by atoms with Gasteiger partial charge in [-0.25, -0.2) is 12.7 Å². The fourth-order valence-corrected chi connectivity index (χ4v) is 5.58. The van der Waals surface area contributed by atoms with E-state index in [1.807, 2.05) is 30.3 Å². The fourth-order valence-electron chi connectivity index (χ4n) is 4.00. The lowest BCUT2D eigenvalue weighted by atomic mass is 9.96. The number of hydrogen-bond donors (Lipinski definition) is 1. The maximum atomic E-state index is 12.8. The summed E-state index contributed by atoms with van der Waals surface area (Å²) in [6.07, 6.45) is 3.42. The van der Waals surface area contributed by atoms with E-state index in [0.29, 0.717) is 19.5 Å². The summed E-state index contributed by atoms with van der Waals surface area (Å²) in [6.45, 7) is 1.23. The summed E-state index contributed by atoms with van der Waals surface area (Å²) >= 11 is 0. The van der Waals surface area contributed by atoms with E-state index < -0.39 is 10.0 Å². The molecule has 1 fully saturated rings. The predicted octanol–water partition coefficient (Wildman–Crippen LogP) is 4.31. The Hall–Kier alpha value is -2.11. The van der Waals surface area contributed by atoms with Crippen molar-refractivity contribution in [3.8, 4) is 0 Å². The van der Waals surface area contributed by atoms with Gasteiger partial charge in [0.25, 0.3) is 0 Å². The van der Waals surface area contributed by atoms with Gasteiger partial charge in [-0.2, -0.15) is 0 Å². The highest BCUT2D eigenvalue weighted by Crippen LogP contribution is 2.30. The lowest BCUT2D eigenvalue weighted by Gasteiger charge is -2.31. The lowest BCUT2D eigenvalue weighted by Crippen LogP contribution is -2.40. The highest BCUT2D eigenvalue weighted by Gasteiger charge is 2.30. The van der Waals surface area contributed by atoms with E-state index in [2.05, 4.69) is 35.3 Å². The smallest absolute Gasteiger partial charge is 0.214 e. The van der Waals surface area contributed by atoms with Gasteiger partial charge in [0, 0.05) is 30.2 Å². The first-order valence-corrected chi connectivity index (χ1v) is 11.3. The Morgan fingerprint density at radius 1 is 1.04 bits per heavy atom. The lowest BCUT2D eigenvalue weighted by molar-refractivity contribution is 0.313. The van der Waals surface area contributed by atoms with E-state index in [9.17, 15) is 8.42 Å². The number of H-pyrrole nitrogens is 1. The highest BCUT2D eigenvalue weighted by molar-refractivity contribution is 7.89. The minimum absolute atomic E-state index is 0.224. The summed E-state index contributed by atoms with van der Waals surface area (Å²) in [5.41, 5.74) is 3.47. The molecule has 1 saturated heterocycles. The average Bonchev–Trinajstić information content (AvgIpc) is 3.13. The molecule has 0 radical (unpaired) electrons. The number of benzene rings is 2. The van der Waals surface area contributed by atoms with Crippen molar-refractivity contribution in [2.45, 2.75) is 31.6 Å². The standard InChI is InChI=1S/C22H26N2O2S/c25-27(26,15-7-10-18-8-2-1-3-9-18)24-14-6-12-20(17-24)22-16-19-11-4-5-13-21(19)23-22/h1-5,8-9,11,13,16,20,23H,6-7,10,12,14-15,17H2. The molecule has 142 valence electrons. The van der Waals surface area contributed by atoms with Crippen LogP contribution in [0, 0.1) is 0 Å². The third-order valence-electron chi connectivity index (χ3n) is 5.48. The summed E-state index contributed by atoms with van der Waals surface area (Å²) in [6, 6.07) is 20.5. The number of nitrogens with one attached hydrogen (secondary N) is 1. The molecule has 0 bridgehead atoms. The molecule has 0 amide bonds. The van der Waals surface area contributed by atoms with Crippen molar-refractivity contribution in [2.24, 2.45) is 0 Å². The van der Waals surface area contributed by atoms with Gasteiger partial charge >= 0.3 is 0 Å². The van der Waals surface area contributed by atoms with Crippen molar-refractivity contribution in [1.29, 1.82) is 0 Å². The number of fused-ring (bicyclic) bond motifs is 1. The van der Waals surface area contributed by atoms with Crippen LogP contribution in [-0.4, -0.2) is 36.5 Å². The molecule has 27 heavy (non-hydrogen) atoms. The minimum atomic E-state index is -3.21. The van der Waals surface area contributed by atoms with Gasteiger partial charge in [-0.3, -0.25) is 0 Å². The summed E-state index contributed by atoms with van der Waals surface area (Å²) in [4.78, 5) is 3.48. The molecule has 1 N–H and O–H groups in total. The first-order chi connectivity index (χ1) is 13.1. The number of nitrogens with zero attached hydrogens (tertiary/aromatic N) is 1. The zero-order valence-corrected chi connectivity index (χ0v) is 16.3. The van der Waals surface area contributed by atoms with Crippen LogP contribution in [0.1, 0.15) is 36.4 Å². The van der Waals surface area contributed by atoms with Crippen LogP contribution >= 0.6 is 0 Å². The largest absolute Gasteiger partial charge is 0.358 e. The first kappa shape index (κ1) is 18.3. The fraction of sp³-hybridized carbons (Fsp3) is 0.364. The Balaban J connectivity index is 1.40. The number of piperidine rings is 1. The Kier molecular flexibility index (Phi) is 5.32. The molecule has 1 aromatic heterocycles. The van der Waals surface area contributed by atoms with Gasteiger partial charge in [0.15, 0.2) is 0 Å². The number of aryl methyl sites for hydroxylation is 1. The number of rotatable bonds is 6. The molecule has 1 aliphatic heterocycles. The molecular weight excluding hydrogens is 356 g/mol. The monoisotopic (exact) mass is 382 g/mol. The summed E-state index contributed by atoms with van der Waals surface area (Å²) < 4.78 is 27.4. The van der Waals surface area contributed by atoms with Gasteiger partial charge in [0.05, 0.1) is 5.75 Å². The molecular formula is C22H26N2O2S. The number of aromatic nitrogens is 1. The topological polar surface area (TPSA) is 53.2 Å². The molecule has 4 rings (SSSR count). The normalized spacial score (nSPS) is 18.7. The van der Waals surface area contributed by atoms with Crippen LogP contribution < -0.4 is 0 Å². The number of para-hydroxylation sites is 1. The molecule has 4 nitrogen and oxygen atoms in total. The Labute approximate surface area is 161 Å². The van der Waals surface area contributed by atoms with Crippen molar-refractivity contribution in [2.75, 3.05) is 18.8 Å². The zero-order valence-electron chi connectivity index (χ0n) is 15.5. The van der Waals surface area contributed by atoms with Gasteiger partial charge in [-0.15, -0.1) is 0 Å². The van der Waals surface area contributed by atoms with Gasteiger partial charge in [-0.05, 0) is 48.8 Å². The summed E-state index contributed by atoms with van der Waals surface area (Å²) in [5.74, 6) is 0.469. The second-order valence-electron chi connectivity index (χ2n) is 7.41. The van der Waals surface area contributed by atoms with E-state index in [-0.39, 0.29) is 11.7 Å². The SMILES string of the molecule is O=S(=O)(CCCc1ccccc1)N1CCCC(c2cc3ccccc3[nH]2)C1. The molecule has 2 heterocycles. The van der Waals surface area contributed by atoms with Crippen molar-refractivity contribution in [1.82, 2.24) is 9.29 Å². The van der Waals surface area contributed by atoms with Gasteiger partial charge in [-0.1, -0.05) is 48.5 Å². The van der Waals surface area contributed by atoms with E-state index in [4.69, 9.17) is 0 Å². The third kappa shape index (κ3) is 4.25. The van der Waals surface area contributed by atoms with Gasteiger partial charge in [0.1, 0.15) is 0 Å². The van der Waals surface area contributed by atoms with Crippen LogP contribution in [0.5, 0.6) is 0 Å². The van der Waals surface area contributed by atoms with E-state index in [0.717, 1.165) is 30.5 Å². The second-order valence-corrected chi connectivity index (χ2v) is 9.50. The van der Waals surface area contributed by atoms with Crippen molar-refractivity contribution < 1.29 is 8.42 Å². The van der Waals surface area contributed by atoms with Crippen LogP contribution in [-0.2, 0) is 16.4 Å². The number of sulfonamides is 1. The molecule has 1 unspecified atom stereocenters. The van der Waals surface area contributed by atoms with E-state index in [1.165, 1.54) is 10.9 Å². The van der Waals surface area contributed by atoms with Gasteiger partial charge in [0.2, 0.25) is 10.0 Å². The average molecular weight is 383 g/mol. The van der Waals surface area contributed by atoms with Crippen LogP contribution in [0.15, 0.2) is 60.7 Å². The summed E-state index contributed by atoms with van der Waals surface area (Å²) in [7, 11) is -3.21. The minimum Gasteiger partial charge on any atom is -0.358 e. The molecule has 1 aliphatic rings. The van der Waals surface area contributed by atoms with Crippen LogP contribution in [0.25, 0.3) is 10.9 Å². The van der Waals surface area contributed by atoms with E-state index in [1.54, 1.807) is 4.31 Å². The molecule has 1 atom stereocenters. The van der Waals surface area contributed by atoms with Crippen LogP contribution in [0.2, 0.25) is 0 Å². The first-order valence-electron chi connectivity index (χ1n) is 9.71. The quantitative estimate of drug-likeness (QED) is 0.691. The maximum absolute atomic E-state index is 12.8. The third-order valence-corrected chi connectivity index (χ3v) is 7.40. The Morgan fingerprint density at radius 3 is 2.63 bits per heavy atom. The molecule has 3 aromatic rings. The maximum Gasteiger partial charge on any atom is 0.214 e. The Bertz CT molecular complexity index is 962. The second kappa shape index (κ2) is 7.87. The van der Waals surface area contributed by atoms with Gasteiger partial charge < -0.3 is 4.98 Å². The molecule has 0 aliphatic carbocycles. The molecule has 5 heteroatoms. The Morgan fingerprint density at radius 2 is 1.81 bits per heavy atom. The van der Waals surface area contributed by atoms with Crippen LogP contribution in [0.3, 0.4) is 0 Å². The highest BCUT2D eigenvalue weighted by atomic mass is 32.2. The number of aromatic amines is 1. The molecule has 0 spiro atoms. The van der Waals surface area contributed by atoms with E-state index >= 15 is 0 Å². The molecule has 2 aromatic carbocycles. The molecule has 0 saturated carbocycles. The van der Waals surface area contributed by atoms with Crippen molar-refractivity contribution in [3.63, 3.8) is 0 Å². The summed E-state index contributed by atoms with van der Waals surface area (Å²) in [5, 5.41) is 1.19. The van der Waals surface area contributed by atoms with Crippen LogP contribution in [0.4, 0.5) is 0 Å². The zero-order chi connectivity index (χ0) is 18.7. The van der Waals surface area contributed by atoms with Crippen molar-refractivity contribution in [3.05, 3.63) is 71.9 Å². The predicted molar refractivity (Wildman–Crippen MR) is 110 cm³/mol.